The van der Waals surface area contributed by atoms with Crippen LogP contribution in [0.5, 0.6) is 0 Å². The fraction of sp³-hybridized carbons (Fsp3) is 0.348. The van der Waals surface area contributed by atoms with Crippen molar-refractivity contribution in [2.45, 2.75) is 56.5 Å². The van der Waals surface area contributed by atoms with Gasteiger partial charge < -0.3 is 4.57 Å². The molecule has 0 spiro atoms. The molecule has 0 aliphatic carbocycles. The molecule has 0 saturated carbocycles. The quantitative estimate of drug-likeness (QED) is 0.501. The number of rotatable bonds is 8. The number of sulfonamides is 1. The zero-order chi connectivity index (χ0) is 21.9. The molecular weight excluding hydrogens is 414 g/mol. The van der Waals surface area contributed by atoms with Gasteiger partial charge >= 0.3 is 0 Å². The van der Waals surface area contributed by atoms with E-state index in [0.29, 0.717) is 0 Å². The van der Waals surface area contributed by atoms with E-state index in [0.717, 1.165) is 54.0 Å². The van der Waals surface area contributed by atoms with Gasteiger partial charge in [0.05, 0.1) is 15.6 Å². The molecule has 2 aromatic carbocycles. The summed E-state index contributed by atoms with van der Waals surface area (Å²) in [6.45, 7) is 7.01. The second-order valence-corrected chi connectivity index (χ2v) is 9.89. The topological polar surface area (TPSA) is 78.0 Å². The van der Waals surface area contributed by atoms with Gasteiger partial charge in [-0.05, 0) is 60.9 Å². The predicted molar refractivity (Wildman–Crippen MR) is 124 cm³/mol. The van der Waals surface area contributed by atoms with Crippen molar-refractivity contribution < 1.29 is 8.42 Å². The molecule has 7 heteroatoms. The number of primary sulfonamides is 1. The van der Waals surface area contributed by atoms with Gasteiger partial charge in [-0.2, -0.15) is 0 Å². The Hall–Kier alpha value is -2.09. The molecule has 30 heavy (non-hydrogen) atoms. The van der Waals surface area contributed by atoms with Crippen LogP contribution < -0.4 is 5.14 Å². The number of thioether (sulfide) groups is 1. The monoisotopic (exact) mass is 443 g/mol. The lowest BCUT2D eigenvalue weighted by Gasteiger charge is -2.13. The minimum atomic E-state index is -3.73. The van der Waals surface area contributed by atoms with Crippen molar-refractivity contribution in [1.29, 1.82) is 0 Å². The molecular formula is C23H29N3O2S2. The Balaban J connectivity index is 1.91. The molecule has 2 N–H and O–H groups in total. The largest absolute Gasteiger partial charge is 0.319 e. The van der Waals surface area contributed by atoms with Gasteiger partial charge in [0.1, 0.15) is 5.82 Å². The number of unbranched alkanes of at least 4 members (excludes halogenated alkanes) is 1. The highest BCUT2D eigenvalue weighted by atomic mass is 32.2. The highest BCUT2D eigenvalue weighted by Crippen LogP contribution is 2.28. The lowest BCUT2D eigenvalue weighted by molar-refractivity contribution is 0.598. The number of aromatic nitrogens is 2. The maximum absolute atomic E-state index is 11.7. The third kappa shape index (κ3) is 4.96. The summed E-state index contributed by atoms with van der Waals surface area (Å²) >= 11 is 1.73. The van der Waals surface area contributed by atoms with Crippen LogP contribution in [0.3, 0.4) is 0 Å². The smallest absolute Gasteiger partial charge is 0.238 e. The van der Waals surface area contributed by atoms with Gasteiger partial charge in [0.2, 0.25) is 10.0 Å². The summed E-state index contributed by atoms with van der Waals surface area (Å²) in [7, 11) is -3.73. The van der Waals surface area contributed by atoms with E-state index in [2.05, 4.69) is 36.8 Å². The molecule has 0 amide bonds. The van der Waals surface area contributed by atoms with E-state index >= 15 is 0 Å². The third-order valence-electron chi connectivity index (χ3n) is 5.25. The number of imidazole rings is 1. The molecule has 0 fully saturated rings. The summed E-state index contributed by atoms with van der Waals surface area (Å²) in [5, 5.41) is 6.51. The number of nitrogens with zero attached hydrogens (tertiary/aromatic N) is 2. The standard InChI is InChI=1S/C23H29N3O2S2/c1-5-6-7-22-25-17(3)23(29-4)26(22)15-18-9-11-19(12-10-18)21-14-20(30(24,27)28)13-8-16(21)2/h8-14H,5-7,15H2,1-4H3,(H2,24,27,28). The van der Waals surface area contributed by atoms with E-state index in [1.807, 2.05) is 19.1 Å². The zero-order valence-corrected chi connectivity index (χ0v) is 19.6. The van der Waals surface area contributed by atoms with Crippen molar-refractivity contribution in [3.63, 3.8) is 0 Å². The van der Waals surface area contributed by atoms with Crippen LogP contribution in [0.15, 0.2) is 52.4 Å². The molecule has 3 rings (SSSR count). The van der Waals surface area contributed by atoms with Crippen molar-refractivity contribution in [1.82, 2.24) is 9.55 Å². The molecule has 160 valence electrons. The van der Waals surface area contributed by atoms with E-state index in [1.165, 1.54) is 10.6 Å². The fourth-order valence-corrected chi connectivity index (χ4v) is 4.89. The molecule has 0 aliphatic rings. The summed E-state index contributed by atoms with van der Waals surface area (Å²) < 4.78 is 25.8. The summed E-state index contributed by atoms with van der Waals surface area (Å²) in [4.78, 5) is 4.93. The first-order valence-electron chi connectivity index (χ1n) is 10.1. The van der Waals surface area contributed by atoms with Gasteiger partial charge in [-0.15, -0.1) is 11.8 Å². The van der Waals surface area contributed by atoms with Crippen LogP contribution in [0.4, 0.5) is 0 Å². The number of hydrogen-bond acceptors (Lipinski definition) is 4. The van der Waals surface area contributed by atoms with E-state index in [-0.39, 0.29) is 4.90 Å². The lowest BCUT2D eigenvalue weighted by atomic mass is 9.99. The maximum atomic E-state index is 11.7. The van der Waals surface area contributed by atoms with Crippen molar-refractivity contribution in [3.8, 4) is 11.1 Å². The molecule has 0 bridgehead atoms. The molecule has 3 aromatic rings. The Bertz CT molecular complexity index is 1130. The Morgan fingerprint density at radius 1 is 1.10 bits per heavy atom. The van der Waals surface area contributed by atoms with E-state index in [9.17, 15) is 8.42 Å². The maximum Gasteiger partial charge on any atom is 0.238 e. The zero-order valence-electron chi connectivity index (χ0n) is 18.0. The second kappa shape index (κ2) is 9.37. The number of aryl methyl sites for hydroxylation is 3. The Morgan fingerprint density at radius 3 is 2.40 bits per heavy atom. The minimum Gasteiger partial charge on any atom is -0.319 e. The lowest BCUT2D eigenvalue weighted by Crippen LogP contribution is -2.12. The number of nitrogens with two attached hydrogens (primary N) is 1. The summed E-state index contributed by atoms with van der Waals surface area (Å²) in [5.74, 6) is 1.14. The molecule has 0 unspecified atom stereocenters. The van der Waals surface area contributed by atoms with Gasteiger partial charge in [-0.3, -0.25) is 0 Å². The molecule has 0 saturated heterocycles. The van der Waals surface area contributed by atoms with Crippen LogP contribution in [-0.4, -0.2) is 24.2 Å². The van der Waals surface area contributed by atoms with Crippen LogP contribution in [0, 0.1) is 13.8 Å². The average Bonchev–Trinajstić information content (AvgIpc) is 3.00. The normalized spacial score (nSPS) is 11.8. The molecule has 0 aliphatic heterocycles. The van der Waals surface area contributed by atoms with Gasteiger partial charge in [0.15, 0.2) is 0 Å². The number of benzene rings is 2. The molecule has 0 atom stereocenters. The molecule has 0 radical (unpaired) electrons. The Kier molecular flexibility index (Phi) is 7.06. The summed E-state index contributed by atoms with van der Waals surface area (Å²) in [5.41, 5.74) is 5.12. The Labute approximate surface area is 183 Å². The van der Waals surface area contributed by atoms with Gasteiger partial charge in [-0.1, -0.05) is 43.7 Å². The predicted octanol–water partition coefficient (Wildman–Crippen LogP) is 4.93. The highest BCUT2D eigenvalue weighted by Gasteiger charge is 2.15. The van der Waals surface area contributed by atoms with Crippen molar-refractivity contribution in [2.75, 3.05) is 6.26 Å². The highest BCUT2D eigenvalue weighted by molar-refractivity contribution is 7.98. The van der Waals surface area contributed by atoms with Crippen LogP contribution in [0.25, 0.3) is 11.1 Å². The van der Waals surface area contributed by atoms with Gasteiger partial charge in [0, 0.05) is 13.0 Å². The minimum absolute atomic E-state index is 0.131. The van der Waals surface area contributed by atoms with Crippen molar-refractivity contribution >= 4 is 21.8 Å². The second-order valence-electron chi connectivity index (χ2n) is 7.53. The third-order valence-corrected chi connectivity index (χ3v) is 7.07. The van der Waals surface area contributed by atoms with Gasteiger partial charge in [0.25, 0.3) is 0 Å². The SMILES string of the molecule is CCCCc1nc(C)c(SC)n1Cc1ccc(-c2cc(S(N)(=O)=O)ccc2C)cc1. The van der Waals surface area contributed by atoms with E-state index in [4.69, 9.17) is 10.1 Å². The first-order chi connectivity index (χ1) is 14.2. The van der Waals surface area contributed by atoms with Crippen LogP contribution >= 0.6 is 11.8 Å². The molecule has 1 heterocycles. The summed E-state index contributed by atoms with van der Waals surface area (Å²) in [6.07, 6.45) is 5.35. The van der Waals surface area contributed by atoms with Crippen LogP contribution in [0.2, 0.25) is 0 Å². The van der Waals surface area contributed by atoms with Crippen molar-refractivity contribution in [3.05, 3.63) is 65.1 Å². The van der Waals surface area contributed by atoms with Crippen LogP contribution in [-0.2, 0) is 23.0 Å². The average molecular weight is 444 g/mol. The molecule has 5 nitrogen and oxygen atoms in total. The van der Waals surface area contributed by atoms with E-state index < -0.39 is 10.0 Å². The summed E-state index contributed by atoms with van der Waals surface area (Å²) in [6, 6.07) is 13.3. The number of hydrogen-bond donors (Lipinski definition) is 1. The fourth-order valence-electron chi connectivity index (χ4n) is 3.62. The van der Waals surface area contributed by atoms with Gasteiger partial charge in [-0.25, -0.2) is 18.5 Å². The molecule has 1 aromatic heterocycles. The van der Waals surface area contributed by atoms with Crippen LogP contribution in [0.1, 0.15) is 42.4 Å². The van der Waals surface area contributed by atoms with Crippen molar-refractivity contribution in [2.24, 2.45) is 5.14 Å². The van der Waals surface area contributed by atoms with E-state index in [1.54, 1.807) is 30.0 Å². The first kappa shape index (κ1) is 22.6. The Morgan fingerprint density at radius 2 is 1.80 bits per heavy atom. The first-order valence-corrected chi connectivity index (χ1v) is 12.8.